The summed E-state index contributed by atoms with van der Waals surface area (Å²) in [5, 5.41) is 34.7. The third-order valence-electron chi connectivity index (χ3n) is 3.52. The molecule has 1 heterocycles. The first-order valence-corrected chi connectivity index (χ1v) is 8.79. The van der Waals surface area contributed by atoms with Gasteiger partial charge in [-0.25, -0.2) is 0 Å². The number of carbonyl (C=O) groups is 2. The van der Waals surface area contributed by atoms with Crippen LogP contribution in [0.4, 0.5) is 0 Å². The highest BCUT2D eigenvalue weighted by Gasteiger charge is 2.11. The molecule has 0 aliphatic heterocycles. The predicted molar refractivity (Wildman–Crippen MR) is 94.2 cm³/mol. The third-order valence-corrected chi connectivity index (χ3v) is 4.44. The van der Waals surface area contributed by atoms with E-state index in [9.17, 15) is 19.8 Å². The first kappa shape index (κ1) is 18.4. The Bertz CT molecular complexity index is 958. The van der Waals surface area contributed by atoms with Gasteiger partial charge < -0.3 is 20.3 Å². The van der Waals surface area contributed by atoms with Crippen molar-refractivity contribution in [1.82, 2.24) is 25.5 Å². The molecule has 2 N–H and O–H groups in total. The second-order valence-electron chi connectivity index (χ2n) is 5.44. The van der Waals surface area contributed by atoms with Crippen LogP contribution in [-0.4, -0.2) is 42.9 Å². The third kappa shape index (κ3) is 4.82. The molecule has 3 aromatic rings. The van der Waals surface area contributed by atoms with Crippen molar-refractivity contribution in [2.24, 2.45) is 0 Å². The fourth-order valence-electron chi connectivity index (χ4n) is 2.21. The van der Waals surface area contributed by atoms with E-state index in [2.05, 4.69) is 20.8 Å². The van der Waals surface area contributed by atoms with Crippen molar-refractivity contribution in [3.05, 3.63) is 59.7 Å². The van der Waals surface area contributed by atoms with Gasteiger partial charge in [-0.3, -0.25) is 4.79 Å². The van der Waals surface area contributed by atoms with E-state index in [4.69, 9.17) is 0 Å². The van der Waals surface area contributed by atoms with E-state index in [1.165, 1.54) is 28.9 Å². The molecule has 0 unspecified atom stereocenters. The number of hydrogen-bond donors (Lipinski definition) is 2. The SMILES string of the molecule is O=C(CSc1nnnn1-c1ccc(O)cc1)NCc1cccc(C(=O)[O-])c1. The molecule has 138 valence electrons. The highest BCUT2D eigenvalue weighted by Crippen LogP contribution is 2.19. The number of carbonyl (C=O) groups excluding carboxylic acids is 2. The molecule has 0 saturated heterocycles. The Morgan fingerprint density at radius 1 is 1.19 bits per heavy atom. The Hall–Kier alpha value is -3.40. The molecule has 27 heavy (non-hydrogen) atoms. The molecule has 10 heteroatoms. The molecular weight excluding hydrogens is 370 g/mol. The second kappa shape index (κ2) is 8.32. The van der Waals surface area contributed by atoms with Gasteiger partial charge >= 0.3 is 0 Å². The smallest absolute Gasteiger partial charge is 0.230 e. The molecule has 0 fully saturated rings. The fraction of sp³-hybridized carbons (Fsp3) is 0.118. The lowest BCUT2D eigenvalue weighted by Gasteiger charge is -2.08. The molecule has 9 nitrogen and oxygen atoms in total. The number of amides is 1. The van der Waals surface area contributed by atoms with Gasteiger partial charge in [0.05, 0.1) is 17.4 Å². The van der Waals surface area contributed by atoms with E-state index >= 15 is 0 Å². The second-order valence-corrected chi connectivity index (χ2v) is 6.39. The summed E-state index contributed by atoms with van der Waals surface area (Å²) >= 11 is 1.15. The minimum Gasteiger partial charge on any atom is -0.545 e. The number of rotatable bonds is 7. The first-order valence-electron chi connectivity index (χ1n) is 7.80. The Labute approximate surface area is 158 Å². The summed E-state index contributed by atoms with van der Waals surface area (Å²) in [6.45, 7) is 0.198. The number of hydrogen-bond acceptors (Lipinski definition) is 8. The molecule has 0 radical (unpaired) electrons. The highest BCUT2D eigenvalue weighted by atomic mass is 32.2. The monoisotopic (exact) mass is 384 g/mol. The number of benzene rings is 2. The minimum atomic E-state index is -1.26. The van der Waals surface area contributed by atoms with E-state index in [0.29, 0.717) is 16.4 Å². The molecule has 2 aromatic carbocycles. The number of carboxylic acids is 1. The highest BCUT2D eigenvalue weighted by molar-refractivity contribution is 7.99. The number of phenols is 1. The Balaban J connectivity index is 1.56. The van der Waals surface area contributed by atoms with Gasteiger partial charge in [0.25, 0.3) is 0 Å². The van der Waals surface area contributed by atoms with Crippen molar-refractivity contribution in [2.45, 2.75) is 11.7 Å². The lowest BCUT2D eigenvalue weighted by atomic mass is 10.1. The topological polar surface area (TPSA) is 133 Å². The number of carboxylic acid groups (broad SMARTS) is 1. The summed E-state index contributed by atoms with van der Waals surface area (Å²) < 4.78 is 1.46. The summed E-state index contributed by atoms with van der Waals surface area (Å²) in [6, 6.07) is 12.5. The first-order chi connectivity index (χ1) is 13.0. The summed E-state index contributed by atoms with van der Waals surface area (Å²) in [6.07, 6.45) is 0. The van der Waals surface area contributed by atoms with Crippen LogP contribution >= 0.6 is 11.8 Å². The van der Waals surface area contributed by atoms with Crippen LogP contribution in [0.25, 0.3) is 5.69 Å². The number of nitrogens with one attached hydrogen (secondary N) is 1. The van der Waals surface area contributed by atoms with E-state index in [-0.39, 0.29) is 29.5 Å². The number of aromatic carboxylic acids is 1. The number of tetrazole rings is 1. The molecule has 0 atom stereocenters. The van der Waals surface area contributed by atoms with Crippen LogP contribution < -0.4 is 10.4 Å². The summed E-state index contributed by atoms with van der Waals surface area (Å²) in [5.41, 5.74) is 1.37. The molecule has 0 spiro atoms. The van der Waals surface area contributed by atoms with E-state index in [1.807, 2.05) is 0 Å². The maximum Gasteiger partial charge on any atom is 0.230 e. The van der Waals surface area contributed by atoms with Crippen molar-refractivity contribution < 1.29 is 19.8 Å². The van der Waals surface area contributed by atoms with Crippen LogP contribution in [0.2, 0.25) is 0 Å². The van der Waals surface area contributed by atoms with Gasteiger partial charge in [0, 0.05) is 6.54 Å². The summed E-state index contributed by atoms with van der Waals surface area (Å²) in [4.78, 5) is 22.9. The molecule has 3 rings (SSSR count). The number of phenolic OH excluding ortho intramolecular Hbond substituents is 1. The average molecular weight is 384 g/mol. The van der Waals surface area contributed by atoms with E-state index in [0.717, 1.165) is 11.8 Å². The van der Waals surface area contributed by atoms with Crippen LogP contribution in [0.1, 0.15) is 15.9 Å². The normalized spacial score (nSPS) is 10.5. The number of nitrogens with zero attached hydrogens (tertiary/aromatic N) is 4. The average Bonchev–Trinajstić information content (AvgIpc) is 3.14. The van der Waals surface area contributed by atoms with Gasteiger partial charge in [0.2, 0.25) is 11.1 Å². The summed E-state index contributed by atoms with van der Waals surface area (Å²) in [7, 11) is 0. The molecule has 0 saturated carbocycles. The van der Waals surface area contributed by atoms with Crippen LogP contribution in [-0.2, 0) is 11.3 Å². The van der Waals surface area contributed by atoms with Crippen molar-refractivity contribution in [1.29, 1.82) is 0 Å². The van der Waals surface area contributed by atoms with Crippen LogP contribution in [0.3, 0.4) is 0 Å². The van der Waals surface area contributed by atoms with Crippen molar-refractivity contribution >= 4 is 23.6 Å². The van der Waals surface area contributed by atoms with Gasteiger partial charge in [-0.2, -0.15) is 4.68 Å². The van der Waals surface area contributed by atoms with Gasteiger partial charge in [0.15, 0.2) is 0 Å². The zero-order valence-electron chi connectivity index (χ0n) is 13.9. The molecular formula is C17H14N5O4S-. The Kier molecular flexibility index (Phi) is 5.67. The van der Waals surface area contributed by atoms with Crippen LogP contribution in [0, 0.1) is 0 Å². The van der Waals surface area contributed by atoms with Gasteiger partial charge in [-0.05, 0) is 51.9 Å². The zero-order chi connectivity index (χ0) is 19.2. The van der Waals surface area contributed by atoms with Crippen LogP contribution in [0.5, 0.6) is 5.75 Å². The van der Waals surface area contributed by atoms with Crippen molar-refractivity contribution in [3.8, 4) is 11.4 Å². The minimum absolute atomic E-state index is 0.0594. The largest absolute Gasteiger partial charge is 0.545 e. The van der Waals surface area contributed by atoms with Gasteiger partial charge in [-0.15, -0.1) is 5.10 Å². The Morgan fingerprint density at radius 3 is 2.70 bits per heavy atom. The fourth-order valence-corrected chi connectivity index (χ4v) is 2.94. The number of aromatic nitrogens is 4. The maximum atomic E-state index is 12.1. The maximum absolute atomic E-state index is 12.1. The van der Waals surface area contributed by atoms with Crippen LogP contribution in [0.15, 0.2) is 53.7 Å². The molecule has 0 aliphatic carbocycles. The van der Waals surface area contributed by atoms with E-state index < -0.39 is 5.97 Å². The van der Waals surface area contributed by atoms with E-state index in [1.54, 1.807) is 24.3 Å². The molecule has 0 aliphatic rings. The molecule has 1 amide bonds. The lowest BCUT2D eigenvalue weighted by Crippen LogP contribution is -2.25. The lowest BCUT2D eigenvalue weighted by molar-refractivity contribution is -0.255. The van der Waals surface area contributed by atoms with Gasteiger partial charge in [-0.1, -0.05) is 30.0 Å². The van der Waals surface area contributed by atoms with Crippen molar-refractivity contribution in [2.75, 3.05) is 5.75 Å². The quantitative estimate of drug-likeness (QED) is 0.550. The number of thioether (sulfide) groups is 1. The van der Waals surface area contributed by atoms with Crippen molar-refractivity contribution in [3.63, 3.8) is 0 Å². The zero-order valence-corrected chi connectivity index (χ0v) is 14.7. The molecule has 1 aromatic heterocycles. The standard InChI is InChI=1S/C17H15N5O4S/c23-14-6-4-13(5-7-14)22-17(19-20-21-22)27-10-15(24)18-9-11-2-1-3-12(8-11)16(25)26/h1-8,23H,9-10H2,(H,18,24)(H,25,26)/p-1. The Morgan fingerprint density at radius 2 is 1.96 bits per heavy atom. The molecule has 0 bridgehead atoms. The number of aromatic hydroxyl groups is 1. The predicted octanol–water partition coefficient (Wildman–Crippen LogP) is 0.140. The summed E-state index contributed by atoms with van der Waals surface area (Å²) in [5.74, 6) is -1.31. The van der Waals surface area contributed by atoms with Gasteiger partial charge in [0.1, 0.15) is 5.75 Å².